The zero-order valence-corrected chi connectivity index (χ0v) is 21.5. The van der Waals surface area contributed by atoms with Crippen LogP contribution in [0.5, 0.6) is 0 Å². The van der Waals surface area contributed by atoms with E-state index in [0.717, 1.165) is 57.2 Å². The first-order valence-electron chi connectivity index (χ1n) is 10.5. The lowest BCUT2D eigenvalue weighted by Gasteiger charge is -2.05. The third-order valence-electron chi connectivity index (χ3n) is 4.74. The van der Waals surface area contributed by atoms with Crippen molar-refractivity contribution in [3.05, 3.63) is 68.6 Å². The van der Waals surface area contributed by atoms with Gasteiger partial charge in [-0.3, -0.25) is 9.59 Å². The van der Waals surface area contributed by atoms with Gasteiger partial charge in [-0.15, -0.1) is 0 Å². The molecular weight excluding hydrogens is 536 g/mol. The van der Waals surface area contributed by atoms with E-state index in [2.05, 4.69) is 52.9 Å². The zero-order valence-electron chi connectivity index (χ0n) is 18.3. The molecule has 0 saturated heterocycles. The molecule has 0 atom stereocenters. The second kappa shape index (κ2) is 14.0. The van der Waals surface area contributed by atoms with Crippen molar-refractivity contribution in [1.29, 1.82) is 0 Å². The highest BCUT2D eigenvalue weighted by Gasteiger charge is 2.04. The van der Waals surface area contributed by atoms with E-state index in [4.69, 9.17) is 0 Å². The van der Waals surface area contributed by atoms with Crippen LogP contribution in [-0.2, 0) is 9.59 Å². The molecule has 6 nitrogen and oxygen atoms in total. The number of benzene rings is 2. The Morgan fingerprint density at radius 2 is 1.12 bits per heavy atom. The third kappa shape index (κ3) is 9.87. The Balaban J connectivity index is 1.58. The molecular formula is C24H28Br2N4O2. The summed E-state index contributed by atoms with van der Waals surface area (Å²) in [6.45, 7) is 3.72. The van der Waals surface area contributed by atoms with Crippen LogP contribution in [0.1, 0.15) is 63.5 Å². The maximum Gasteiger partial charge on any atom is 0.240 e. The average Bonchev–Trinajstić information content (AvgIpc) is 2.78. The first-order chi connectivity index (χ1) is 15.3. The molecule has 2 aromatic rings. The number of halogens is 2. The number of hydrogen-bond acceptors (Lipinski definition) is 4. The van der Waals surface area contributed by atoms with Crippen molar-refractivity contribution in [2.75, 3.05) is 0 Å². The monoisotopic (exact) mass is 562 g/mol. The molecule has 2 rings (SSSR count). The van der Waals surface area contributed by atoms with Gasteiger partial charge in [0.15, 0.2) is 0 Å². The fourth-order valence-electron chi connectivity index (χ4n) is 2.89. The molecule has 0 aliphatic rings. The third-order valence-corrected chi connectivity index (χ3v) is 5.73. The average molecular weight is 564 g/mol. The highest BCUT2D eigenvalue weighted by Crippen LogP contribution is 2.13. The van der Waals surface area contributed by atoms with Crippen LogP contribution in [-0.4, -0.2) is 23.2 Å². The highest BCUT2D eigenvalue weighted by atomic mass is 79.9. The van der Waals surface area contributed by atoms with E-state index in [1.54, 1.807) is 0 Å². The molecule has 0 bridgehead atoms. The molecule has 0 radical (unpaired) electrons. The molecule has 8 heteroatoms. The number of carbonyl (C=O) groups is 2. The highest BCUT2D eigenvalue weighted by molar-refractivity contribution is 9.10. The summed E-state index contributed by atoms with van der Waals surface area (Å²) in [4.78, 5) is 23.9. The number of hydrazone groups is 2. The second-order valence-corrected chi connectivity index (χ2v) is 9.23. The van der Waals surface area contributed by atoms with Gasteiger partial charge in [-0.05, 0) is 62.1 Å². The van der Waals surface area contributed by atoms with Gasteiger partial charge >= 0.3 is 0 Å². The predicted molar refractivity (Wildman–Crippen MR) is 137 cm³/mol. The SMILES string of the molecule is C/C(=N\NC(=O)CCCCCCC(=O)N/N=C(\C)c1cccc(Br)c1)c1cccc(Br)c1. The van der Waals surface area contributed by atoms with Gasteiger partial charge in [-0.1, -0.05) is 69.0 Å². The fraction of sp³-hybridized carbons (Fsp3) is 0.333. The van der Waals surface area contributed by atoms with Crippen LogP contribution in [0, 0.1) is 0 Å². The zero-order chi connectivity index (χ0) is 23.3. The molecule has 2 N–H and O–H groups in total. The Bertz CT molecular complexity index is 910. The minimum Gasteiger partial charge on any atom is -0.273 e. The minimum atomic E-state index is -0.102. The Morgan fingerprint density at radius 3 is 1.50 bits per heavy atom. The number of rotatable bonds is 11. The van der Waals surface area contributed by atoms with Crippen molar-refractivity contribution in [3.8, 4) is 0 Å². The molecule has 0 spiro atoms. The molecule has 0 fully saturated rings. The summed E-state index contributed by atoms with van der Waals surface area (Å²) in [5.41, 5.74) is 8.62. The maximum absolute atomic E-state index is 12.0. The van der Waals surface area contributed by atoms with Crippen LogP contribution >= 0.6 is 31.9 Å². The van der Waals surface area contributed by atoms with Gasteiger partial charge in [0, 0.05) is 21.8 Å². The second-order valence-electron chi connectivity index (χ2n) is 7.40. The van der Waals surface area contributed by atoms with Crippen molar-refractivity contribution < 1.29 is 9.59 Å². The summed E-state index contributed by atoms with van der Waals surface area (Å²) < 4.78 is 1.94. The van der Waals surface area contributed by atoms with Crippen molar-refractivity contribution >= 4 is 55.1 Å². The lowest BCUT2D eigenvalue weighted by Crippen LogP contribution is -2.19. The minimum absolute atomic E-state index is 0.102. The number of nitrogens with zero attached hydrogens (tertiary/aromatic N) is 2. The summed E-state index contributed by atoms with van der Waals surface area (Å²) >= 11 is 6.85. The summed E-state index contributed by atoms with van der Waals surface area (Å²) in [6.07, 6.45) is 4.12. The molecule has 0 unspecified atom stereocenters. The van der Waals surface area contributed by atoms with Crippen molar-refractivity contribution in [1.82, 2.24) is 10.9 Å². The van der Waals surface area contributed by atoms with Gasteiger partial charge in [0.05, 0.1) is 11.4 Å². The fourth-order valence-corrected chi connectivity index (χ4v) is 3.68. The Kier molecular flexibility index (Phi) is 11.3. The maximum atomic E-state index is 12.0. The van der Waals surface area contributed by atoms with E-state index in [1.165, 1.54) is 0 Å². The molecule has 0 heterocycles. The topological polar surface area (TPSA) is 82.9 Å². The van der Waals surface area contributed by atoms with E-state index in [0.29, 0.717) is 12.8 Å². The van der Waals surface area contributed by atoms with E-state index in [9.17, 15) is 9.59 Å². The summed E-state index contributed by atoms with van der Waals surface area (Å²) in [5.74, 6) is -0.205. The van der Waals surface area contributed by atoms with Crippen molar-refractivity contribution in [3.63, 3.8) is 0 Å². The van der Waals surface area contributed by atoms with E-state index < -0.39 is 0 Å². The Morgan fingerprint density at radius 1 is 0.719 bits per heavy atom. The largest absolute Gasteiger partial charge is 0.273 e. The van der Waals surface area contributed by atoms with E-state index >= 15 is 0 Å². The molecule has 32 heavy (non-hydrogen) atoms. The lowest BCUT2D eigenvalue weighted by atomic mass is 10.1. The van der Waals surface area contributed by atoms with Gasteiger partial charge in [0.2, 0.25) is 11.8 Å². The quantitative estimate of drug-likeness (QED) is 0.202. The van der Waals surface area contributed by atoms with Gasteiger partial charge in [-0.2, -0.15) is 10.2 Å². The molecule has 0 aliphatic carbocycles. The van der Waals surface area contributed by atoms with Crippen LogP contribution in [0.25, 0.3) is 0 Å². The number of amides is 2. The van der Waals surface area contributed by atoms with Crippen molar-refractivity contribution in [2.24, 2.45) is 10.2 Å². The first kappa shape index (κ1) is 25.9. The summed E-state index contributed by atoms with van der Waals surface area (Å²) in [6, 6.07) is 15.5. The van der Waals surface area contributed by atoms with Crippen LogP contribution in [0.4, 0.5) is 0 Å². The standard InChI is InChI=1S/C24H28Br2N4O2/c1-17(19-9-7-11-21(25)15-19)27-29-23(31)13-5-3-4-6-14-24(32)30-28-18(2)20-10-8-12-22(26)16-20/h7-12,15-16H,3-6,13-14H2,1-2H3,(H,29,31)(H,30,32)/b27-17+,28-18+. The van der Waals surface area contributed by atoms with Crippen LogP contribution in [0.3, 0.4) is 0 Å². The van der Waals surface area contributed by atoms with Gasteiger partial charge in [-0.25, -0.2) is 10.9 Å². The molecule has 170 valence electrons. The number of unbranched alkanes of at least 4 members (excludes halogenated alkanes) is 3. The van der Waals surface area contributed by atoms with Crippen LogP contribution in [0.2, 0.25) is 0 Å². The van der Waals surface area contributed by atoms with Gasteiger partial charge in [0.1, 0.15) is 0 Å². The number of carbonyl (C=O) groups excluding carboxylic acids is 2. The van der Waals surface area contributed by atoms with E-state index in [1.807, 2.05) is 62.4 Å². The summed E-state index contributed by atoms with van der Waals surface area (Å²) in [5, 5.41) is 8.33. The molecule has 2 aromatic carbocycles. The first-order valence-corrected chi connectivity index (χ1v) is 12.1. The van der Waals surface area contributed by atoms with Gasteiger partial charge in [0.25, 0.3) is 0 Å². The molecule has 0 saturated carbocycles. The Labute approximate surface area is 206 Å². The number of hydrogen-bond donors (Lipinski definition) is 2. The van der Waals surface area contributed by atoms with Crippen LogP contribution < -0.4 is 10.9 Å². The normalized spacial score (nSPS) is 11.9. The smallest absolute Gasteiger partial charge is 0.240 e. The predicted octanol–water partition coefficient (Wildman–Crippen LogP) is 5.93. The van der Waals surface area contributed by atoms with Crippen molar-refractivity contribution in [2.45, 2.75) is 52.4 Å². The number of nitrogens with one attached hydrogen (secondary N) is 2. The summed E-state index contributed by atoms with van der Waals surface area (Å²) in [7, 11) is 0. The molecule has 0 aliphatic heterocycles. The lowest BCUT2D eigenvalue weighted by molar-refractivity contribution is -0.122. The van der Waals surface area contributed by atoms with Crippen LogP contribution in [0.15, 0.2) is 67.7 Å². The van der Waals surface area contributed by atoms with Gasteiger partial charge < -0.3 is 0 Å². The molecule has 0 aromatic heterocycles. The Hall–Kier alpha value is -2.32. The van der Waals surface area contributed by atoms with E-state index in [-0.39, 0.29) is 11.8 Å². The molecule has 2 amide bonds.